The van der Waals surface area contributed by atoms with Crippen LogP contribution in [0, 0.1) is 0 Å². The summed E-state index contributed by atoms with van der Waals surface area (Å²) >= 11 is 11.7. The third-order valence-corrected chi connectivity index (χ3v) is 3.17. The maximum atomic E-state index is 11.5. The van der Waals surface area contributed by atoms with E-state index < -0.39 is 5.97 Å². The molecule has 0 spiro atoms. The van der Waals surface area contributed by atoms with Crippen molar-refractivity contribution in [1.82, 2.24) is 5.32 Å². The number of carbonyl (C=O) groups excluding carboxylic acids is 1. The summed E-state index contributed by atoms with van der Waals surface area (Å²) < 4.78 is 5.28. The van der Waals surface area contributed by atoms with Crippen LogP contribution >= 0.6 is 23.2 Å². The SMILES string of the molecule is O=C(O)CCCCCNC(=O)COc1ccc(Cl)cc1Cl. The van der Waals surface area contributed by atoms with Crippen LogP contribution in [0.4, 0.5) is 0 Å². The maximum Gasteiger partial charge on any atom is 0.303 e. The molecule has 0 aliphatic carbocycles. The van der Waals surface area contributed by atoms with Crippen molar-refractivity contribution >= 4 is 35.1 Å². The Balaban J connectivity index is 2.15. The van der Waals surface area contributed by atoms with Crippen LogP contribution in [0.1, 0.15) is 25.7 Å². The molecule has 0 fully saturated rings. The number of aliphatic carboxylic acids is 1. The predicted molar refractivity (Wildman–Crippen MR) is 81.1 cm³/mol. The fourth-order valence-corrected chi connectivity index (χ4v) is 2.06. The summed E-state index contributed by atoms with van der Waals surface area (Å²) in [5.74, 6) is -0.649. The van der Waals surface area contributed by atoms with Crippen molar-refractivity contribution in [3.05, 3.63) is 28.2 Å². The lowest BCUT2D eigenvalue weighted by Gasteiger charge is -2.08. The van der Waals surface area contributed by atoms with Crippen LogP contribution in [0.5, 0.6) is 5.75 Å². The number of hydrogen-bond acceptors (Lipinski definition) is 3. The number of halogens is 2. The third-order valence-electron chi connectivity index (χ3n) is 2.64. The Bertz CT molecular complexity index is 494. The highest BCUT2D eigenvalue weighted by atomic mass is 35.5. The molecule has 0 atom stereocenters. The molecule has 1 aromatic rings. The summed E-state index contributed by atoms with van der Waals surface area (Å²) in [6.45, 7) is 0.368. The molecule has 0 bridgehead atoms. The molecule has 116 valence electrons. The Labute approximate surface area is 133 Å². The van der Waals surface area contributed by atoms with Gasteiger partial charge in [0.15, 0.2) is 6.61 Å². The minimum atomic E-state index is -0.799. The molecule has 5 nitrogen and oxygen atoms in total. The molecule has 0 radical (unpaired) electrons. The third kappa shape index (κ3) is 7.78. The van der Waals surface area contributed by atoms with E-state index in [0.717, 1.165) is 12.8 Å². The van der Waals surface area contributed by atoms with Crippen LogP contribution in [0.25, 0.3) is 0 Å². The van der Waals surface area contributed by atoms with E-state index in [1.54, 1.807) is 18.2 Å². The van der Waals surface area contributed by atoms with Gasteiger partial charge in [0.1, 0.15) is 5.75 Å². The highest BCUT2D eigenvalue weighted by Gasteiger charge is 2.06. The first-order valence-electron chi connectivity index (χ1n) is 6.55. The van der Waals surface area contributed by atoms with Gasteiger partial charge in [-0.25, -0.2) is 0 Å². The Hall–Kier alpha value is -1.46. The summed E-state index contributed by atoms with van der Waals surface area (Å²) in [5, 5.41) is 12.0. The number of ether oxygens (including phenoxy) is 1. The van der Waals surface area contributed by atoms with Crippen LogP contribution < -0.4 is 10.1 Å². The largest absolute Gasteiger partial charge is 0.482 e. The Morgan fingerprint density at radius 1 is 1.19 bits per heavy atom. The van der Waals surface area contributed by atoms with E-state index in [9.17, 15) is 9.59 Å². The van der Waals surface area contributed by atoms with E-state index in [-0.39, 0.29) is 18.9 Å². The molecule has 0 heterocycles. The number of unbranched alkanes of at least 4 members (excludes halogenated alkanes) is 2. The van der Waals surface area contributed by atoms with E-state index in [4.69, 9.17) is 33.0 Å². The molecule has 0 aromatic heterocycles. The molecule has 7 heteroatoms. The molecular formula is C14H17Cl2NO4. The van der Waals surface area contributed by atoms with Gasteiger partial charge in [0, 0.05) is 18.0 Å². The molecule has 2 N–H and O–H groups in total. The van der Waals surface area contributed by atoms with Crippen molar-refractivity contribution in [2.45, 2.75) is 25.7 Å². The number of carboxylic acid groups (broad SMARTS) is 1. The van der Waals surface area contributed by atoms with Crippen molar-refractivity contribution < 1.29 is 19.4 Å². The van der Waals surface area contributed by atoms with Gasteiger partial charge in [-0.15, -0.1) is 0 Å². The standard InChI is InChI=1S/C14H17Cl2NO4/c15-10-5-6-12(11(16)8-10)21-9-13(18)17-7-3-1-2-4-14(19)20/h5-6,8H,1-4,7,9H2,(H,17,18)(H,19,20). The first-order chi connectivity index (χ1) is 9.99. The second-order valence-corrected chi connectivity index (χ2v) is 5.26. The van der Waals surface area contributed by atoms with Gasteiger partial charge in [-0.2, -0.15) is 0 Å². The summed E-state index contributed by atoms with van der Waals surface area (Å²) in [6.07, 6.45) is 2.27. The van der Waals surface area contributed by atoms with E-state index >= 15 is 0 Å². The number of nitrogens with one attached hydrogen (secondary N) is 1. The smallest absolute Gasteiger partial charge is 0.303 e. The molecule has 0 aliphatic heterocycles. The second kappa shape index (κ2) is 9.47. The molecule has 0 saturated heterocycles. The van der Waals surface area contributed by atoms with Crippen molar-refractivity contribution in [3.8, 4) is 5.75 Å². The van der Waals surface area contributed by atoms with E-state index in [1.807, 2.05) is 0 Å². The van der Waals surface area contributed by atoms with Crippen molar-refractivity contribution in [3.63, 3.8) is 0 Å². The van der Waals surface area contributed by atoms with Gasteiger partial charge in [0.25, 0.3) is 5.91 Å². The molecular weight excluding hydrogens is 317 g/mol. The molecule has 1 rings (SSSR count). The zero-order valence-corrected chi connectivity index (χ0v) is 12.9. The van der Waals surface area contributed by atoms with Crippen LogP contribution in [0.3, 0.4) is 0 Å². The number of rotatable bonds is 9. The highest BCUT2D eigenvalue weighted by Crippen LogP contribution is 2.27. The van der Waals surface area contributed by atoms with Gasteiger partial charge in [-0.05, 0) is 31.0 Å². The van der Waals surface area contributed by atoms with Crippen molar-refractivity contribution in [2.75, 3.05) is 13.2 Å². The zero-order chi connectivity index (χ0) is 15.7. The summed E-state index contributed by atoms with van der Waals surface area (Å²) in [7, 11) is 0. The highest BCUT2D eigenvalue weighted by molar-refractivity contribution is 6.35. The number of amides is 1. The zero-order valence-electron chi connectivity index (χ0n) is 11.4. The minimum absolute atomic E-state index is 0.128. The topological polar surface area (TPSA) is 75.6 Å². The number of benzene rings is 1. The van der Waals surface area contributed by atoms with Crippen LogP contribution in [0.15, 0.2) is 18.2 Å². The monoisotopic (exact) mass is 333 g/mol. The maximum absolute atomic E-state index is 11.5. The van der Waals surface area contributed by atoms with Gasteiger partial charge in [-0.1, -0.05) is 29.6 Å². The molecule has 1 amide bonds. The fourth-order valence-electron chi connectivity index (χ4n) is 1.59. The second-order valence-electron chi connectivity index (χ2n) is 4.42. The average Bonchev–Trinajstić information content (AvgIpc) is 2.41. The van der Waals surface area contributed by atoms with Crippen LogP contribution in [0.2, 0.25) is 10.0 Å². The normalized spacial score (nSPS) is 10.2. The lowest BCUT2D eigenvalue weighted by Crippen LogP contribution is -2.29. The van der Waals surface area contributed by atoms with Crippen LogP contribution in [-0.4, -0.2) is 30.1 Å². The Morgan fingerprint density at radius 2 is 1.95 bits per heavy atom. The molecule has 0 saturated carbocycles. The van der Waals surface area contributed by atoms with Crippen molar-refractivity contribution in [2.24, 2.45) is 0 Å². The van der Waals surface area contributed by atoms with Gasteiger partial charge in [0.2, 0.25) is 0 Å². The fraction of sp³-hybridized carbons (Fsp3) is 0.429. The van der Waals surface area contributed by atoms with E-state index in [1.165, 1.54) is 0 Å². The number of carbonyl (C=O) groups is 2. The molecule has 21 heavy (non-hydrogen) atoms. The van der Waals surface area contributed by atoms with E-state index in [2.05, 4.69) is 5.32 Å². The quantitative estimate of drug-likeness (QED) is 0.680. The summed E-state index contributed by atoms with van der Waals surface area (Å²) in [5.41, 5.74) is 0. The summed E-state index contributed by atoms with van der Waals surface area (Å²) in [6, 6.07) is 4.77. The van der Waals surface area contributed by atoms with Gasteiger partial charge >= 0.3 is 5.97 Å². The van der Waals surface area contributed by atoms with Crippen LogP contribution in [-0.2, 0) is 9.59 Å². The Kier molecular flexibility index (Phi) is 7.93. The van der Waals surface area contributed by atoms with Crippen molar-refractivity contribution in [1.29, 1.82) is 0 Å². The minimum Gasteiger partial charge on any atom is -0.482 e. The predicted octanol–water partition coefficient (Wildman–Crippen LogP) is 3.13. The molecule has 0 aliphatic rings. The number of carboxylic acids is 1. The molecule has 0 unspecified atom stereocenters. The lowest BCUT2D eigenvalue weighted by molar-refractivity contribution is -0.137. The summed E-state index contributed by atoms with van der Waals surface area (Å²) in [4.78, 5) is 21.8. The molecule has 1 aromatic carbocycles. The number of hydrogen-bond donors (Lipinski definition) is 2. The average molecular weight is 334 g/mol. The van der Waals surface area contributed by atoms with E-state index in [0.29, 0.717) is 28.8 Å². The van der Waals surface area contributed by atoms with Gasteiger partial charge < -0.3 is 15.2 Å². The first-order valence-corrected chi connectivity index (χ1v) is 7.31. The Morgan fingerprint density at radius 3 is 2.62 bits per heavy atom. The van der Waals surface area contributed by atoms with Gasteiger partial charge in [-0.3, -0.25) is 9.59 Å². The van der Waals surface area contributed by atoms with Gasteiger partial charge in [0.05, 0.1) is 5.02 Å². The lowest BCUT2D eigenvalue weighted by atomic mass is 10.2. The first kappa shape index (κ1) is 17.6.